The van der Waals surface area contributed by atoms with Gasteiger partial charge in [0.15, 0.2) is 0 Å². The largest absolute Gasteiger partial charge is 0.458 e. The van der Waals surface area contributed by atoms with Crippen molar-refractivity contribution in [1.29, 1.82) is 0 Å². The molecule has 1 aromatic heterocycles. The van der Waals surface area contributed by atoms with Crippen LogP contribution in [0.2, 0.25) is 0 Å². The molecule has 1 saturated heterocycles. The number of aromatic nitrogens is 2. The van der Waals surface area contributed by atoms with Gasteiger partial charge in [0.1, 0.15) is 11.9 Å². The average Bonchev–Trinajstić information content (AvgIpc) is 2.70. The van der Waals surface area contributed by atoms with Crippen molar-refractivity contribution in [2.45, 2.75) is 44.8 Å². The molecule has 2 heterocycles. The van der Waals surface area contributed by atoms with Gasteiger partial charge >= 0.3 is 5.97 Å². The Morgan fingerprint density at radius 2 is 1.91 bits per heavy atom. The Morgan fingerprint density at radius 1 is 1.25 bits per heavy atom. The second-order valence-electron chi connectivity index (χ2n) is 8.04. The highest BCUT2D eigenvalue weighted by Gasteiger charge is 2.26. The number of cyclic esters (lactones) is 1. The lowest BCUT2D eigenvalue weighted by molar-refractivity contribution is -0.156. The third-order valence-electron chi connectivity index (χ3n) is 5.07. The number of hydrogen-bond acceptors (Lipinski definition) is 7. The van der Waals surface area contributed by atoms with Gasteiger partial charge < -0.3 is 9.84 Å². The zero-order valence-electron chi connectivity index (χ0n) is 18.3. The molecular weight excluding hydrogens is 437 g/mol. The molecule has 32 heavy (non-hydrogen) atoms. The summed E-state index contributed by atoms with van der Waals surface area (Å²) in [6.07, 6.45) is 3.23. The van der Waals surface area contributed by atoms with Gasteiger partial charge in [-0.25, -0.2) is 27.1 Å². The molecule has 0 aliphatic carbocycles. The van der Waals surface area contributed by atoms with Gasteiger partial charge in [-0.05, 0) is 36.3 Å². The first kappa shape index (κ1) is 23.8. The minimum Gasteiger partial charge on any atom is -0.458 e. The number of nitrogens with zero attached hydrogens (tertiary/aromatic N) is 3. The standard InChI is InChI=1S/C22H26FN3O5S/c1-13(2)20-18(10-9-17-11-16(27)12-19(28)31-17)21(14-5-7-15(23)8-6-14)25-22(24-20)26(3)32(4,29)30/h5-10,13,16-17,27H,11-12H2,1-4H3/b10-9+/t16?,17-/m0/s1. The Hall–Kier alpha value is -2.85. The normalized spacial score (nSPS) is 19.4. The van der Waals surface area contributed by atoms with E-state index in [1.165, 1.54) is 19.2 Å². The molecule has 10 heteroatoms. The predicted octanol–water partition coefficient (Wildman–Crippen LogP) is 2.88. The van der Waals surface area contributed by atoms with Crippen LogP contribution in [0.1, 0.15) is 43.9 Å². The first-order valence-corrected chi connectivity index (χ1v) is 12.0. The minimum atomic E-state index is -3.61. The molecule has 172 valence electrons. The van der Waals surface area contributed by atoms with Crippen LogP contribution in [0.5, 0.6) is 0 Å². The number of sulfonamides is 1. The van der Waals surface area contributed by atoms with E-state index < -0.39 is 34.0 Å². The summed E-state index contributed by atoms with van der Waals surface area (Å²) in [6, 6.07) is 5.68. The summed E-state index contributed by atoms with van der Waals surface area (Å²) in [6.45, 7) is 3.81. The zero-order chi connectivity index (χ0) is 23.6. The average molecular weight is 464 g/mol. The molecule has 1 unspecified atom stereocenters. The molecule has 2 atom stereocenters. The molecule has 8 nitrogen and oxygen atoms in total. The third-order valence-corrected chi connectivity index (χ3v) is 6.23. The number of carbonyl (C=O) groups excluding carboxylic acids is 1. The van der Waals surface area contributed by atoms with Gasteiger partial charge in [0.25, 0.3) is 0 Å². The van der Waals surface area contributed by atoms with E-state index in [4.69, 9.17) is 4.74 Å². The topological polar surface area (TPSA) is 110 Å². The van der Waals surface area contributed by atoms with Crippen LogP contribution in [-0.2, 0) is 19.6 Å². The molecule has 2 aromatic rings. The fourth-order valence-electron chi connectivity index (χ4n) is 3.33. The van der Waals surface area contributed by atoms with Crippen molar-refractivity contribution in [2.24, 2.45) is 0 Å². The summed E-state index contributed by atoms with van der Waals surface area (Å²) in [5, 5.41) is 9.86. The molecule has 0 amide bonds. The summed E-state index contributed by atoms with van der Waals surface area (Å²) in [7, 11) is -2.25. The van der Waals surface area contributed by atoms with E-state index >= 15 is 0 Å². The Labute approximate surface area is 186 Å². The molecule has 0 bridgehead atoms. The Kier molecular flexibility index (Phi) is 6.94. The molecule has 0 radical (unpaired) electrons. The highest BCUT2D eigenvalue weighted by atomic mass is 32.2. The second kappa shape index (κ2) is 9.33. The second-order valence-corrected chi connectivity index (χ2v) is 10.1. The van der Waals surface area contributed by atoms with Gasteiger partial charge in [-0.3, -0.25) is 4.79 Å². The smallest absolute Gasteiger partial charge is 0.309 e. The fraction of sp³-hybridized carbons (Fsp3) is 0.409. The number of aliphatic hydroxyl groups is 1. The molecule has 1 N–H and O–H groups in total. The minimum absolute atomic E-state index is 0.00723. The van der Waals surface area contributed by atoms with Crippen LogP contribution in [-0.4, -0.2) is 55.0 Å². The summed E-state index contributed by atoms with van der Waals surface area (Å²) >= 11 is 0. The van der Waals surface area contributed by atoms with E-state index in [2.05, 4.69) is 9.97 Å². The summed E-state index contributed by atoms with van der Waals surface area (Å²) < 4.78 is 44.0. The van der Waals surface area contributed by atoms with Gasteiger partial charge in [-0.15, -0.1) is 0 Å². The lowest BCUT2D eigenvalue weighted by atomic mass is 9.97. The van der Waals surface area contributed by atoms with Crippen molar-refractivity contribution in [3.05, 3.63) is 47.4 Å². The van der Waals surface area contributed by atoms with E-state index in [1.54, 1.807) is 24.3 Å². The van der Waals surface area contributed by atoms with Crippen molar-refractivity contribution in [3.63, 3.8) is 0 Å². The first-order valence-electron chi connectivity index (χ1n) is 10.1. The van der Waals surface area contributed by atoms with Crippen molar-refractivity contribution in [3.8, 4) is 11.3 Å². The van der Waals surface area contributed by atoms with E-state index in [1.807, 2.05) is 13.8 Å². The first-order chi connectivity index (χ1) is 15.0. The maximum atomic E-state index is 13.5. The van der Waals surface area contributed by atoms with Gasteiger partial charge in [0.2, 0.25) is 16.0 Å². The molecule has 1 aliphatic heterocycles. The van der Waals surface area contributed by atoms with Crippen LogP contribution in [0.25, 0.3) is 17.3 Å². The number of rotatable bonds is 6. The molecule has 1 aromatic carbocycles. The maximum absolute atomic E-state index is 13.5. The number of ether oxygens (including phenoxy) is 1. The molecule has 0 saturated carbocycles. The van der Waals surface area contributed by atoms with E-state index in [9.17, 15) is 22.7 Å². The van der Waals surface area contributed by atoms with E-state index in [0.717, 1.165) is 10.6 Å². The van der Waals surface area contributed by atoms with Gasteiger partial charge in [-0.2, -0.15) is 0 Å². The lowest BCUT2D eigenvalue weighted by Crippen LogP contribution is -2.31. The maximum Gasteiger partial charge on any atom is 0.309 e. The van der Waals surface area contributed by atoms with Gasteiger partial charge in [0.05, 0.1) is 30.2 Å². The van der Waals surface area contributed by atoms with Crippen molar-refractivity contribution >= 4 is 28.0 Å². The van der Waals surface area contributed by atoms with Gasteiger partial charge in [0, 0.05) is 24.6 Å². The predicted molar refractivity (Wildman–Crippen MR) is 119 cm³/mol. The van der Waals surface area contributed by atoms with Crippen LogP contribution in [0.3, 0.4) is 0 Å². The molecule has 1 aliphatic rings. The summed E-state index contributed by atoms with van der Waals surface area (Å²) in [4.78, 5) is 20.6. The molecule has 0 spiro atoms. The Balaban J connectivity index is 2.17. The summed E-state index contributed by atoms with van der Waals surface area (Å²) in [5.74, 6) is -1.02. The van der Waals surface area contributed by atoms with Crippen molar-refractivity contribution < 1.29 is 27.4 Å². The monoisotopic (exact) mass is 463 g/mol. The number of esters is 1. The van der Waals surface area contributed by atoms with Crippen LogP contribution in [0.15, 0.2) is 30.3 Å². The van der Waals surface area contributed by atoms with Crippen LogP contribution in [0.4, 0.5) is 10.3 Å². The van der Waals surface area contributed by atoms with Crippen LogP contribution < -0.4 is 4.31 Å². The van der Waals surface area contributed by atoms with E-state index in [-0.39, 0.29) is 24.7 Å². The summed E-state index contributed by atoms with van der Waals surface area (Å²) in [5.41, 5.74) is 2.14. The van der Waals surface area contributed by atoms with E-state index in [0.29, 0.717) is 22.5 Å². The van der Waals surface area contributed by atoms with Gasteiger partial charge in [-0.1, -0.05) is 19.9 Å². The molecule has 3 rings (SSSR count). The van der Waals surface area contributed by atoms with Crippen LogP contribution in [0, 0.1) is 5.82 Å². The fourth-order valence-corrected chi connectivity index (χ4v) is 3.70. The quantitative estimate of drug-likeness (QED) is 0.656. The Morgan fingerprint density at radius 3 is 2.47 bits per heavy atom. The highest BCUT2D eigenvalue weighted by Crippen LogP contribution is 2.32. The number of anilines is 1. The number of hydrogen-bond donors (Lipinski definition) is 1. The van der Waals surface area contributed by atoms with Crippen LogP contribution >= 0.6 is 0 Å². The molecule has 1 fully saturated rings. The zero-order valence-corrected chi connectivity index (χ0v) is 19.1. The Bertz CT molecular complexity index is 1130. The number of benzene rings is 1. The lowest BCUT2D eigenvalue weighted by Gasteiger charge is -2.24. The molecular formula is C22H26FN3O5S. The number of halogens is 1. The third kappa shape index (κ3) is 5.49. The number of aliphatic hydroxyl groups excluding tert-OH is 1. The van der Waals surface area contributed by atoms with Crippen molar-refractivity contribution in [2.75, 3.05) is 17.6 Å². The highest BCUT2D eigenvalue weighted by molar-refractivity contribution is 7.92. The van der Waals surface area contributed by atoms with Crippen molar-refractivity contribution in [1.82, 2.24) is 9.97 Å². The number of carbonyl (C=O) groups is 1. The SMILES string of the molecule is CC(C)c1nc(N(C)S(C)(=O)=O)nc(-c2ccc(F)cc2)c1/C=C/[C@H]1CC(O)CC(=O)O1.